The summed E-state index contributed by atoms with van der Waals surface area (Å²) in [6.07, 6.45) is 0. The van der Waals surface area contributed by atoms with Gasteiger partial charge in [-0.05, 0) is 32.0 Å². The van der Waals surface area contributed by atoms with Crippen LogP contribution in [0.3, 0.4) is 0 Å². The van der Waals surface area contributed by atoms with Gasteiger partial charge in [0.25, 0.3) is 0 Å². The first-order valence-electron chi connectivity index (χ1n) is 4.90. The molecular weight excluding hydrogens is 263 g/mol. The van der Waals surface area contributed by atoms with Crippen LogP contribution < -0.4 is 5.32 Å². The molecule has 86 valence electrons. The largest absolute Gasteiger partial charge is 0.335 e. The summed E-state index contributed by atoms with van der Waals surface area (Å²) in [6.45, 7) is 4.22. The summed E-state index contributed by atoms with van der Waals surface area (Å²) >= 11 is 13.5. The molecule has 0 aromatic heterocycles. The number of halogens is 2. The molecule has 1 N–H and O–H groups in total. The number of benzene rings is 1. The summed E-state index contributed by atoms with van der Waals surface area (Å²) in [6, 6.07) is 5.38. The van der Waals surface area contributed by atoms with Gasteiger partial charge in [-0.2, -0.15) is 0 Å². The first-order chi connectivity index (χ1) is 7.44. The molecule has 0 saturated carbocycles. The minimum Gasteiger partial charge on any atom is -0.335 e. The van der Waals surface area contributed by atoms with Gasteiger partial charge in [0.2, 0.25) is 0 Å². The molecule has 1 heterocycles. The first kappa shape index (κ1) is 12.1. The Morgan fingerprint density at radius 2 is 1.88 bits per heavy atom. The van der Waals surface area contributed by atoms with E-state index in [4.69, 9.17) is 23.2 Å². The van der Waals surface area contributed by atoms with Gasteiger partial charge in [-0.3, -0.25) is 4.99 Å². The Bertz CT molecular complexity index is 423. The lowest BCUT2D eigenvalue weighted by molar-refractivity contribution is 0.605. The van der Waals surface area contributed by atoms with Crippen molar-refractivity contribution in [2.45, 2.75) is 19.4 Å². The second kappa shape index (κ2) is 4.47. The predicted molar refractivity (Wildman–Crippen MR) is 74.1 cm³/mol. The van der Waals surface area contributed by atoms with E-state index in [1.165, 1.54) is 0 Å². The van der Waals surface area contributed by atoms with E-state index in [9.17, 15) is 0 Å². The number of aliphatic imine (C=N–C) groups is 1. The second-order valence-electron chi connectivity index (χ2n) is 4.30. The zero-order valence-corrected chi connectivity index (χ0v) is 11.4. The quantitative estimate of drug-likeness (QED) is 0.827. The van der Waals surface area contributed by atoms with Crippen molar-refractivity contribution < 1.29 is 0 Å². The minimum atomic E-state index is 0.00930. The Labute approximate surface area is 109 Å². The van der Waals surface area contributed by atoms with Crippen LogP contribution >= 0.6 is 35.0 Å². The van der Waals surface area contributed by atoms with Crippen molar-refractivity contribution in [2.75, 3.05) is 11.1 Å². The number of hydrogen-bond donors (Lipinski definition) is 1. The van der Waals surface area contributed by atoms with Crippen molar-refractivity contribution in [3.05, 3.63) is 28.2 Å². The number of amidine groups is 1. The molecule has 0 bridgehead atoms. The lowest BCUT2D eigenvalue weighted by Gasteiger charge is -2.09. The van der Waals surface area contributed by atoms with Gasteiger partial charge < -0.3 is 5.32 Å². The highest BCUT2D eigenvalue weighted by atomic mass is 35.5. The van der Waals surface area contributed by atoms with Gasteiger partial charge in [0, 0.05) is 21.5 Å². The lowest BCUT2D eigenvalue weighted by Crippen LogP contribution is -2.15. The third-order valence-electron chi connectivity index (χ3n) is 2.08. The molecule has 0 fully saturated rings. The van der Waals surface area contributed by atoms with Crippen molar-refractivity contribution in [1.29, 1.82) is 0 Å². The number of hydrogen-bond acceptors (Lipinski definition) is 3. The van der Waals surface area contributed by atoms with Gasteiger partial charge in [0.15, 0.2) is 5.17 Å². The highest BCUT2D eigenvalue weighted by Crippen LogP contribution is 2.29. The zero-order chi connectivity index (χ0) is 11.8. The summed E-state index contributed by atoms with van der Waals surface area (Å²) in [5.41, 5.74) is 0.886. The maximum Gasteiger partial charge on any atom is 0.161 e. The minimum absolute atomic E-state index is 0.00930. The Morgan fingerprint density at radius 3 is 2.38 bits per heavy atom. The van der Waals surface area contributed by atoms with Crippen LogP contribution in [0.25, 0.3) is 0 Å². The number of rotatable bonds is 1. The van der Waals surface area contributed by atoms with Gasteiger partial charge in [-0.25, -0.2) is 0 Å². The van der Waals surface area contributed by atoms with E-state index in [0.29, 0.717) is 10.0 Å². The highest BCUT2D eigenvalue weighted by Gasteiger charge is 2.25. The predicted octanol–water partition coefficient (Wildman–Crippen LogP) is 4.29. The monoisotopic (exact) mass is 274 g/mol. The Hall–Kier alpha value is -0.380. The van der Waals surface area contributed by atoms with Crippen molar-refractivity contribution in [3.8, 4) is 0 Å². The van der Waals surface area contributed by atoms with E-state index < -0.39 is 0 Å². The van der Waals surface area contributed by atoms with Crippen LogP contribution in [0.5, 0.6) is 0 Å². The third kappa shape index (κ3) is 3.06. The van der Waals surface area contributed by atoms with E-state index in [2.05, 4.69) is 24.2 Å². The number of thioether (sulfide) groups is 1. The fourth-order valence-corrected chi connectivity index (χ4v) is 2.98. The molecule has 0 atom stereocenters. The molecule has 0 unspecified atom stereocenters. The average molecular weight is 275 g/mol. The summed E-state index contributed by atoms with van der Waals surface area (Å²) in [5, 5.41) is 5.39. The van der Waals surface area contributed by atoms with Crippen molar-refractivity contribution in [2.24, 2.45) is 4.99 Å². The van der Waals surface area contributed by atoms with E-state index >= 15 is 0 Å². The zero-order valence-electron chi connectivity index (χ0n) is 9.05. The maximum atomic E-state index is 5.92. The van der Waals surface area contributed by atoms with Crippen LogP contribution in [-0.4, -0.2) is 16.5 Å². The molecule has 1 aromatic carbocycles. The van der Waals surface area contributed by atoms with Gasteiger partial charge >= 0.3 is 0 Å². The summed E-state index contributed by atoms with van der Waals surface area (Å²) in [5.74, 6) is 0.990. The number of anilines is 1. The fourth-order valence-electron chi connectivity index (χ4n) is 1.40. The Balaban J connectivity index is 2.16. The number of nitrogens with zero attached hydrogens (tertiary/aromatic N) is 1. The van der Waals surface area contributed by atoms with Gasteiger partial charge in [-0.1, -0.05) is 35.0 Å². The molecule has 1 aliphatic heterocycles. The van der Waals surface area contributed by atoms with E-state index in [1.54, 1.807) is 17.8 Å². The first-order valence-corrected chi connectivity index (χ1v) is 6.65. The molecule has 2 rings (SSSR count). The lowest BCUT2D eigenvalue weighted by atomic mass is 10.1. The van der Waals surface area contributed by atoms with E-state index in [1.807, 2.05) is 12.1 Å². The molecule has 0 spiro atoms. The Morgan fingerprint density at radius 1 is 1.25 bits per heavy atom. The topological polar surface area (TPSA) is 24.4 Å². The third-order valence-corrected chi connectivity index (χ3v) is 3.83. The van der Waals surface area contributed by atoms with Crippen molar-refractivity contribution >= 4 is 45.8 Å². The van der Waals surface area contributed by atoms with Crippen LogP contribution in [0.1, 0.15) is 13.8 Å². The van der Waals surface area contributed by atoms with Crippen LogP contribution in [0.4, 0.5) is 5.69 Å². The number of nitrogens with one attached hydrogen (secondary N) is 1. The van der Waals surface area contributed by atoms with Crippen LogP contribution in [-0.2, 0) is 0 Å². The van der Waals surface area contributed by atoms with Gasteiger partial charge in [0.05, 0.1) is 5.54 Å². The van der Waals surface area contributed by atoms with Crippen LogP contribution in [0.15, 0.2) is 23.2 Å². The van der Waals surface area contributed by atoms with Crippen LogP contribution in [0.2, 0.25) is 10.0 Å². The molecule has 16 heavy (non-hydrogen) atoms. The highest BCUT2D eigenvalue weighted by molar-refractivity contribution is 8.14. The summed E-state index contributed by atoms with van der Waals surface area (Å²) in [7, 11) is 0. The van der Waals surface area contributed by atoms with Crippen molar-refractivity contribution in [1.82, 2.24) is 0 Å². The molecule has 1 aromatic rings. The second-order valence-corrected chi connectivity index (χ2v) is 6.14. The molecular formula is C11H12Cl2N2S. The molecule has 5 heteroatoms. The molecule has 2 nitrogen and oxygen atoms in total. The van der Waals surface area contributed by atoms with Crippen molar-refractivity contribution in [3.63, 3.8) is 0 Å². The normalized spacial score (nSPS) is 18.4. The average Bonchev–Trinajstić information content (AvgIpc) is 2.43. The molecule has 0 amide bonds. The standard InChI is InChI=1S/C11H12Cl2N2S/c1-11(2)6-16-10(15-11)14-9-4-7(12)3-8(13)5-9/h3-5H,6H2,1-2H3,(H,14,15). The van der Waals surface area contributed by atoms with E-state index in [0.717, 1.165) is 16.6 Å². The summed E-state index contributed by atoms with van der Waals surface area (Å²) in [4.78, 5) is 4.56. The molecule has 0 radical (unpaired) electrons. The van der Waals surface area contributed by atoms with Gasteiger partial charge in [-0.15, -0.1) is 0 Å². The fraction of sp³-hybridized carbons (Fsp3) is 0.364. The molecule has 0 aliphatic carbocycles. The van der Waals surface area contributed by atoms with Crippen LogP contribution in [0, 0.1) is 0 Å². The maximum absolute atomic E-state index is 5.92. The SMILES string of the molecule is CC1(C)CSC(Nc2cc(Cl)cc(Cl)c2)=N1. The molecule has 1 aliphatic rings. The molecule has 0 saturated heterocycles. The summed E-state index contributed by atoms with van der Waals surface area (Å²) < 4.78 is 0. The van der Waals surface area contributed by atoms with E-state index in [-0.39, 0.29) is 5.54 Å². The Kier molecular flexibility index (Phi) is 3.38. The smallest absolute Gasteiger partial charge is 0.161 e. The van der Waals surface area contributed by atoms with Gasteiger partial charge in [0.1, 0.15) is 0 Å².